The Balaban J connectivity index is 2.36. The number of imidazole rings is 1. The van der Waals surface area contributed by atoms with E-state index in [4.69, 9.17) is 11.6 Å². The second-order valence-electron chi connectivity index (χ2n) is 4.33. The van der Waals surface area contributed by atoms with E-state index >= 15 is 0 Å². The number of hydrogen-bond acceptors (Lipinski definition) is 1. The third-order valence-electron chi connectivity index (χ3n) is 3.24. The van der Waals surface area contributed by atoms with Crippen LogP contribution in [0.25, 0.3) is 16.8 Å². The normalized spacial score (nSPS) is 11.1. The molecule has 0 amide bonds. The lowest BCUT2D eigenvalue weighted by Crippen LogP contribution is -1.95. The first-order valence-corrected chi connectivity index (χ1v) is 6.49. The van der Waals surface area contributed by atoms with E-state index in [1.807, 2.05) is 29.8 Å². The van der Waals surface area contributed by atoms with Crippen LogP contribution in [0.3, 0.4) is 0 Å². The monoisotopic (exact) mass is 274 g/mol. The zero-order chi connectivity index (χ0) is 13.4. The lowest BCUT2D eigenvalue weighted by atomic mass is 10.0. The topological polar surface area (TPSA) is 17.3 Å². The maximum absolute atomic E-state index is 14.5. The third kappa shape index (κ3) is 1.90. The van der Waals surface area contributed by atoms with Crippen LogP contribution >= 0.6 is 11.6 Å². The highest BCUT2D eigenvalue weighted by atomic mass is 35.5. The standard InChI is InChI=1S/C15H12ClFN2/c1-2-10-4-3-5-11(14(10)17)13-12(16)6-8-19-9-7-18-15(13)19/h3-9H,2H2,1H3. The van der Waals surface area contributed by atoms with E-state index in [9.17, 15) is 4.39 Å². The molecule has 2 aromatic heterocycles. The molecule has 0 fully saturated rings. The molecule has 0 bridgehead atoms. The van der Waals surface area contributed by atoms with Crippen molar-refractivity contribution in [3.05, 3.63) is 59.3 Å². The lowest BCUT2D eigenvalue weighted by Gasteiger charge is -2.10. The highest BCUT2D eigenvalue weighted by Gasteiger charge is 2.15. The van der Waals surface area contributed by atoms with Crippen LogP contribution in [0.5, 0.6) is 0 Å². The van der Waals surface area contributed by atoms with Gasteiger partial charge in [0.1, 0.15) is 11.5 Å². The van der Waals surface area contributed by atoms with Gasteiger partial charge in [-0.3, -0.25) is 0 Å². The number of nitrogens with zero attached hydrogens (tertiary/aromatic N) is 2. The predicted octanol–water partition coefficient (Wildman–Crippen LogP) is 4.36. The van der Waals surface area contributed by atoms with Gasteiger partial charge in [-0.25, -0.2) is 9.37 Å². The van der Waals surface area contributed by atoms with Gasteiger partial charge in [-0.05, 0) is 18.1 Å². The van der Waals surface area contributed by atoms with Crippen molar-refractivity contribution in [1.82, 2.24) is 9.38 Å². The van der Waals surface area contributed by atoms with Gasteiger partial charge in [-0.15, -0.1) is 0 Å². The van der Waals surface area contributed by atoms with Crippen molar-refractivity contribution in [3.63, 3.8) is 0 Å². The van der Waals surface area contributed by atoms with E-state index < -0.39 is 0 Å². The van der Waals surface area contributed by atoms with E-state index in [-0.39, 0.29) is 5.82 Å². The molecule has 0 radical (unpaired) electrons. The molecule has 0 aliphatic rings. The van der Waals surface area contributed by atoms with Gasteiger partial charge in [0, 0.05) is 29.7 Å². The summed E-state index contributed by atoms with van der Waals surface area (Å²) < 4.78 is 16.3. The number of rotatable bonds is 2. The zero-order valence-corrected chi connectivity index (χ0v) is 11.2. The van der Waals surface area contributed by atoms with Gasteiger partial charge in [0.2, 0.25) is 0 Å². The molecule has 3 aromatic rings. The first-order valence-electron chi connectivity index (χ1n) is 6.11. The Morgan fingerprint density at radius 1 is 1.26 bits per heavy atom. The van der Waals surface area contributed by atoms with Gasteiger partial charge in [-0.1, -0.05) is 36.7 Å². The number of benzene rings is 1. The number of pyridine rings is 1. The van der Waals surface area contributed by atoms with Crippen molar-refractivity contribution in [2.24, 2.45) is 0 Å². The van der Waals surface area contributed by atoms with Crippen LogP contribution in [0, 0.1) is 5.82 Å². The van der Waals surface area contributed by atoms with Crippen LogP contribution in [0.1, 0.15) is 12.5 Å². The Bertz CT molecular complexity index is 749. The average molecular weight is 275 g/mol. The molecule has 0 saturated heterocycles. The minimum absolute atomic E-state index is 0.219. The Labute approximate surface area is 115 Å². The number of fused-ring (bicyclic) bond motifs is 1. The van der Waals surface area contributed by atoms with Gasteiger partial charge >= 0.3 is 0 Å². The summed E-state index contributed by atoms with van der Waals surface area (Å²) in [6, 6.07) is 7.13. The van der Waals surface area contributed by atoms with Crippen LogP contribution < -0.4 is 0 Å². The molecule has 2 heterocycles. The SMILES string of the molecule is CCc1cccc(-c2c(Cl)ccn3ccnc23)c1F. The van der Waals surface area contributed by atoms with Crippen molar-refractivity contribution in [2.75, 3.05) is 0 Å². The molecular weight excluding hydrogens is 263 g/mol. The Morgan fingerprint density at radius 3 is 2.89 bits per heavy atom. The molecular formula is C15H12ClFN2. The fraction of sp³-hybridized carbons (Fsp3) is 0.133. The van der Waals surface area contributed by atoms with Crippen molar-refractivity contribution in [2.45, 2.75) is 13.3 Å². The molecule has 19 heavy (non-hydrogen) atoms. The predicted molar refractivity (Wildman–Crippen MR) is 75.0 cm³/mol. The second kappa shape index (κ2) is 4.67. The van der Waals surface area contributed by atoms with Crippen molar-refractivity contribution in [3.8, 4) is 11.1 Å². The first kappa shape index (κ1) is 12.2. The van der Waals surface area contributed by atoms with Gasteiger partial charge in [0.05, 0.1) is 5.02 Å². The Kier molecular flexibility index (Phi) is 2.99. The fourth-order valence-corrected chi connectivity index (χ4v) is 2.50. The van der Waals surface area contributed by atoms with Crippen LogP contribution in [-0.2, 0) is 6.42 Å². The molecule has 4 heteroatoms. The van der Waals surface area contributed by atoms with Crippen molar-refractivity contribution >= 4 is 17.2 Å². The number of aromatic nitrogens is 2. The molecule has 0 aliphatic carbocycles. The molecule has 0 N–H and O–H groups in total. The fourth-order valence-electron chi connectivity index (χ4n) is 2.26. The van der Waals surface area contributed by atoms with E-state index in [0.29, 0.717) is 33.8 Å². The summed E-state index contributed by atoms with van der Waals surface area (Å²) in [5.41, 5.74) is 2.49. The van der Waals surface area contributed by atoms with E-state index in [0.717, 1.165) is 0 Å². The number of hydrogen-bond donors (Lipinski definition) is 0. The van der Waals surface area contributed by atoms with Crippen molar-refractivity contribution < 1.29 is 4.39 Å². The van der Waals surface area contributed by atoms with Crippen LogP contribution in [0.2, 0.25) is 5.02 Å². The first-order chi connectivity index (χ1) is 9.22. The summed E-state index contributed by atoms with van der Waals surface area (Å²) in [7, 11) is 0. The number of halogens is 2. The molecule has 2 nitrogen and oxygen atoms in total. The van der Waals surface area contributed by atoms with E-state index in [1.54, 1.807) is 24.4 Å². The van der Waals surface area contributed by atoms with Crippen molar-refractivity contribution in [1.29, 1.82) is 0 Å². The molecule has 3 rings (SSSR count). The van der Waals surface area contributed by atoms with Gasteiger partial charge < -0.3 is 4.40 Å². The summed E-state index contributed by atoms with van der Waals surface area (Å²) in [4.78, 5) is 4.26. The largest absolute Gasteiger partial charge is 0.307 e. The van der Waals surface area contributed by atoms with Crippen LogP contribution in [0.15, 0.2) is 42.9 Å². The zero-order valence-electron chi connectivity index (χ0n) is 10.4. The summed E-state index contributed by atoms with van der Waals surface area (Å²) in [6.07, 6.45) is 5.96. The van der Waals surface area contributed by atoms with E-state index in [2.05, 4.69) is 4.98 Å². The van der Waals surface area contributed by atoms with E-state index in [1.165, 1.54) is 0 Å². The molecule has 0 spiro atoms. The molecule has 0 unspecified atom stereocenters. The molecule has 96 valence electrons. The van der Waals surface area contributed by atoms with Gasteiger partial charge in [0.25, 0.3) is 0 Å². The third-order valence-corrected chi connectivity index (χ3v) is 3.56. The Morgan fingerprint density at radius 2 is 2.11 bits per heavy atom. The lowest BCUT2D eigenvalue weighted by molar-refractivity contribution is 0.616. The highest BCUT2D eigenvalue weighted by molar-refractivity contribution is 6.34. The highest BCUT2D eigenvalue weighted by Crippen LogP contribution is 2.34. The summed E-state index contributed by atoms with van der Waals surface area (Å²) in [5, 5.41) is 0.505. The maximum Gasteiger partial charge on any atom is 0.146 e. The minimum atomic E-state index is -0.219. The second-order valence-corrected chi connectivity index (χ2v) is 4.74. The summed E-state index contributed by atoms with van der Waals surface area (Å²) in [6.45, 7) is 1.93. The van der Waals surface area contributed by atoms with Crippen LogP contribution in [0.4, 0.5) is 4.39 Å². The average Bonchev–Trinajstić information content (AvgIpc) is 2.88. The summed E-state index contributed by atoms with van der Waals surface area (Å²) >= 11 is 6.24. The molecule has 0 aliphatic heterocycles. The number of aryl methyl sites for hydroxylation is 1. The Hall–Kier alpha value is -1.87. The maximum atomic E-state index is 14.5. The molecule has 0 saturated carbocycles. The van der Waals surface area contributed by atoms with Gasteiger partial charge in [-0.2, -0.15) is 0 Å². The van der Waals surface area contributed by atoms with Crippen LogP contribution in [-0.4, -0.2) is 9.38 Å². The summed E-state index contributed by atoms with van der Waals surface area (Å²) in [5.74, 6) is -0.219. The minimum Gasteiger partial charge on any atom is -0.307 e. The smallest absolute Gasteiger partial charge is 0.146 e. The quantitative estimate of drug-likeness (QED) is 0.679. The van der Waals surface area contributed by atoms with Gasteiger partial charge in [0.15, 0.2) is 0 Å². The molecule has 0 atom stereocenters. The molecule has 1 aromatic carbocycles.